The number of aromatic nitrogens is 2. The Morgan fingerprint density at radius 2 is 2.00 bits per heavy atom. The molecule has 0 saturated carbocycles. The summed E-state index contributed by atoms with van der Waals surface area (Å²) in [6.07, 6.45) is -1.87. The Morgan fingerprint density at radius 1 is 1.21 bits per heavy atom. The Morgan fingerprint density at radius 3 is 2.75 bits per heavy atom. The summed E-state index contributed by atoms with van der Waals surface area (Å²) >= 11 is 6.21. The second-order valence-corrected chi connectivity index (χ2v) is 7.89. The lowest BCUT2D eigenvalue weighted by molar-refractivity contribution is -0.138. The number of nitrogens with zero attached hydrogens (tertiary/aromatic N) is 3. The normalized spacial score (nSPS) is 15.2. The third-order valence-electron chi connectivity index (χ3n) is 5.44. The largest absolute Gasteiger partial charge is 0.416 e. The highest BCUT2D eigenvalue weighted by Gasteiger charge is 2.33. The minimum Gasteiger partial charge on any atom is -0.344 e. The highest BCUT2D eigenvalue weighted by atomic mass is 35.5. The lowest BCUT2D eigenvalue weighted by Crippen LogP contribution is -2.27. The molecule has 1 aliphatic rings. The number of alkyl halides is 3. The number of aryl methyl sites for hydroxylation is 3. The summed E-state index contributed by atoms with van der Waals surface area (Å²) in [6.45, 7) is 3.80. The van der Waals surface area contributed by atoms with E-state index >= 15 is 0 Å². The number of rotatable bonds is 3. The van der Waals surface area contributed by atoms with Crippen LogP contribution in [0.4, 0.5) is 13.2 Å². The van der Waals surface area contributed by atoms with E-state index < -0.39 is 11.7 Å². The van der Waals surface area contributed by atoms with E-state index in [-0.39, 0.29) is 12.0 Å². The quantitative estimate of drug-likeness (QED) is 0.591. The first-order chi connectivity index (χ1) is 13.2. The van der Waals surface area contributed by atoms with E-state index in [2.05, 4.69) is 21.5 Å². The van der Waals surface area contributed by atoms with E-state index in [0.29, 0.717) is 17.3 Å². The standard InChI is InChI=1S/C21H21ClF3N3/c1-13-9-18(21(23,24)25)14(11-26-13)5-8-28-19-4-3-15(22)10-16(19)17-12-27(2)7-6-20(17)28/h3-4,9-11H,5-8,12H2,1-2H3. The second-order valence-electron chi connectivity index (χ2n) is 7.46. The minimum atomic E-state index is -4.38. The van der Waals surface area contributed by atoms with Crippen LogP contribution in [0.2, 0.25) is 5.02 Å². The van der Waals surface area contributed by atoms with E-state index in [1.807, 2.05) is 18.2 Å². The molecule has 0 bridgehead atoms. The monoisotopic (exact) mass is 407 g/mol. The van der Waals surface area contributed by atoms with Crippen molar-refractivity contribution in [2.24, 2.45) is 0 Å². The lowest BCUT2D eigenvalue weighted by Gasteiger charge is -2.24. The van der Waals surface area contributed by atoms with E-state index in [9.17, 15) is 13.2 Å². The van der Waals surface area contributed by atoms with Gasteiger partial charge in [0.2, 0.25) is 0 Å². The first-order valence-corrected chi connectivity index (χ1v) is 9.62. The summed E-state index contributed by atoms with van der Waals surface area (Å²) in [5.41, 5.74) is 3.47. The SMILES string of the molecule is Cc1cc(C(F)(F)F)c(CCn2c3c(c4cc(Cl)ccc42)CN(C)CC3)cn1. The maximum absolute atomic E-state index is 13.5. The molecule has 2 aromatic heterocycles. The van der Waals surface area contributed by atoms with Crippen molar-refractivity contribution in [1.82, 2.24) is 14.5 Å². The lowest BCUT2D eigenvalue weighted by atomic mass is 10.0. The van der Waals surface area contributed by atoms with Crippen LogP contribution in [0, 0.1) is 6.92 Å². The van der Waals surface area contributed by atoms with Crippen LogP contribution in [0.25, 0.3) is 10.9 Å². The zero-order valence-corrected chi connectivity index (χ0v) is 16.5. The van der Waals surface area contributed by atoms with Crippen LogP contribution in [-0.2, 0) is 32.1 Å². The maximum atomic E-state index is 13.5. The van der Waals surface area contributed by atoms with Crippen LogP contribution < -0.4 is 0 Å². The molecular weight excluding hydrogens is 387 g/mol. The van der Waals surface area contributed by atoms with Gasteiger partial charge < -0.3 is 9.47 Å². The molecule has 3 nitrogen and oxygen atoms in total. The molecule has 4 rings (SSSR count). The Kier molecular flexibility index (Phi) is 4.88. The van der Waals surface area contributed by atoms with Gasteiger partial charge in [0.1, 0.15) is 0 Å². The van der Waals surface area contributed by atoms with Crippen molar-refractivity contribution in [3.05, 3.63) is 63.6 Å². The van der Waals surface area contributed by atoms with Gasteiger partial charge in [0.15, 0.2) is 0 Å². The fraction of sp³-hybridized carbons (Fsp3) is 0.381. The number of halogens is 4. The molecule has 0 amide bonds. The van der Waals surface area contributed by atoms with Crippen LogP contribution >= 0.6 is 11.6 Å². The van der Waals surface area contributed by atoms with Crippen LogP contribution in [0.5, 0.6) is 0 Å². The maximum Gasteiger partial charge on any atom is 0.416 e. The van der Waals surface area contributed by atoms with Gasteiger partial charge >= 0.3 is 6.18 Å². The Bertz CT molecular complexity index is 1040. The van der Waals surface area contributed by atoms with Crippen molar-refractivity contribution in [2.45, 2.75) is 39.0 Å². The number of benzene rings is 1. The molecule has 0 aliphatic carbocycles. The highest BCUT2D eigenvalue weighted by molar-refractivity contribution is 6.31. The van der Waals surface area contributed by atoms with Crippen molar-refractivity contribution in [3.8, 4) is 0 Å². The van der Waals surface area contributed by atoms with Gasteiger partial charge in [-0.2, -0.15) is 13.2 Å². The topological polar surface area (TPSA) is 21.1 Å². The Balaban J connectivity index is 1.74. The molecule has 0 spiro atoms. The molecule has 0 saturated heterocycles. The van der Waals surface area contributed by atoms with Crippen LogP contribution in [0.3, 0.4) is 0 Å². The minimum absolute atomic E-state index is 0.232. The summed E-state index contributed by atoms with van der Waals surface area (Å²) in [7, 11) is 2.07. The van der Waals surface area contributed by atoms with Gasteiger partial charge in [-0.15, -0.1) is 0 Å². The molecule has 3 heterocycles. The number of pyridine rings is 1. The molecule has 148 valence electrons. The molecule has 0 unspecified atom stereocenters. The van der Waals surface area contributed by atoms with Crippen molar-refractivity contribution in [3.63, 3.8) is 0 Å². The first-order valence-electron chi connectivity index (χ1n) is 9.25. The summed E-state index contributed by atoms with van der Waals surface area (Å²) in [5.74, 6) is 0. The van der Waals surface area contributed by atoms with Crippen molar-refractivity contribution in [1.29, 1.82) is 0 Å². The van der Waals surface area contributed by atoms with Crippen LogP contribution in [0.15, 0.2) is 30.5 Å². The molecule has 7 heteroatoms. The first kappa shape index (κ1) is 19.3. The van der Waals surface area contributed by atoms with Gasteiger partial charge in [-0.3, -0.25) is 4.98 Å². The average Bonchev–Trinajstić information content (AvgIpc) is 2.92. The summed E-state index contributed by atoms with van der Waals surface area (Å²) in [5, 5.41) is 1.76. The fourth-order valence-electron chi connectivity index (χ4n) is 4.10. The predicted octanol–water partition coefficient (Wildman–Crippen LogP) is 5.25. The zero-order chi connectivity index (χ0) is 20.1. The second kappa shape index (κ2) is 7.08. The molecule has 0 radical (unpaired) electrons. The third-order valence-corrected chi connectivity index (χ3v) is 5.68. The fourth-order valence-corrected chi connectivity index (χ4v) is 4.27. The average molecular weight is 408 g/mol. The zero-order valence-electron chi connectivity index (χ0n) is 15.8. The van der Waals surface area contributed by atoms with Gasteiger partial charge in [0.25, 0.3) is 0 Å². The van der Waals surface area contributed by atoms with E-state index in [4.69, 9.17) is 11.6 Å². The number of likely N-dealkylation sites (N-methyl/N-ethyl adjacent to an activating group) is 1. The van der Waals surface area contributed by atoms with Crippen LogP contribution in [0.1, 0.15) is 28.1 Å². The van der Waals surface area contributed by atoms with Crippen molar-refractivity contribution < 1.29 is 13.2 Å². The van der Waals surface area contributed by atoms with Crippen LogP contribution in [-0.4, -0.2) is 28.0 Å². The van der Waals surface area contributed by atoms with Gasteiger partial charge in [-0.05, 0) is 55.8 Å². The van der Waals surface area contributed by atoms with Gasteiger partial charge in [-0.1, -0.05) is 11.6 Å². The van der Waals surface area contributed by atoms with Gasteiger partial charge in [0, 0.05) is 59.6 Å². The van der Waals surface area contributed by atoms with Crippen molar-refractivity contribution >= 4 is 22.5 Å². The molecular formula is C21H21ClF3N3. The van der Waals surface area contributed by atoms with Gasteiger partial charge in [0.05, 0.1) is 5.56 Å². The molecule has 0 fully saturated rings. The van der Waals surface area contributed by atoms with E-state index in [1.54, 1.807) is 6.92 Å². The molecule has 1 aliphatic heterocycles. The number of fused-ring (bicyclic) bond motifs is 3. The summed E-state index contributed by atoms with van der Waals surface area (Å²) in [6, 6.07) is 6.89. The molecule has 0 N–H and O–H groups in total. The Hall–Kier alpha value is -2.05. The number of hydrogen-bond acceptors (Lipinski definition) is 2. The summed E-state index contributed by atoms with van der Waals surface area (Å²) in [4.78, 5) is 6.34. The summed E-state index contributed by atoms with van der Waals surface area (Å²) < 4.78 is 42.5. The highest BCUT2D eigenvalue weighted by Crippen LogP contribution is 2.35. The van der Waals surface area contributed by atoms with Crippen molar-refractivity contribution in [2.75, 3.05) is 13.6 Å². The van der Waals surface area contributed by atoms with E-state index in [1.165, 1.54) is 17.5 Å². The molecule has 0 atom stereocenters. The molecule has 3 aromatic rings. The molecule has 28 heavy (non-hydrogen) atoms. The predicted molar refractivity (Wildman–Crippen MR) is 105 cm³/mol. The van der Waals surface area contributed by atoms with Gasteiger partial charge in [-0.25, -0.2) is 0 Å². The smallest absolute Gasteiger partial charge is 0.344 e. The molecule has 1 aromatic carbocycles. The number of hydrogen-bond donors (Lipinski definition) is 0. The third kappa shape index (κ3) is 3.51. The Labute approximate surface area is 166 Å². The van der Waals surface area contributed by atoms with E-state index in [0.717, 1.165) is 36.5 Å².